The van der Waals surface area contributed by atoms with Gasteiger partial charge in [0, 0.05) is 17.2 Å². The van der Waals surface area contributed by atoms with E-state index in [-0.39, 0.29) is 5.41 Å². The summed E-state index contributed by atoms with van der Waals surface area (Å²) in [6.07, 6.45) is 0. The van der Waals surface area contributed by atoms with Crippen LogP contribution in [0, 0.1) is 17.3 Å². The summed E-state index contributed by atoms with van der Waals surface area (Å²) in [4.78, 5) is 0. The number of nitrogens with two attached hydrogens (primary N) is 1. The van der Waals surface area contributed by atoms with Gasteiger partial charge in [-0.2, -0.15) is 0 Å². The zero-order valence-corrected chi connectivity index (χ0v) is 13.8. The number of hydrogen-bond acceptors (Lipinski definition) is 2. The highest BCUT2D eigenvalue weighted by atomic mass is 14.9. The van der Waals surface area contributed by atoms with Gasteiger partial charge in [-0.3, -0.25) is 0 Å². The van der Waals surface area contributed by atoms with E-state index in [4.69, 9.17) is 5.73 Å². The van der Waals surface area contributed by atoms with Gasteiger partial charge in [-0.15, -0.1) is 0 Å². The molecule has 22 heavy (non-hydrogen) atoms. The van der Waals surface area contributed by atoms with Crippen LogP contribution in [0.25, 0.3) is 0 Å². The Morgan fingerprint density at radius 3 is 2.23 bits per heavy atom. The van der Waals surface area contributed by atoms with E-state index in [0.717, 1.165) is 22.5 Å². The number of rotatable bonds is 2. The summed E-state index contributed by atoms with van der Waals surface area (Å²) in [5, 5.41) is 3.50. The van der Waals surface area contributed by atoms with Crippen LogP contribution in [0.15, 0.2) is 48.5 Å². The largest absolute Gasteiger partial charge is 0.397 e. The Kier molecular flexibility index (Phi) is 4.78. The molecule has 114 valence electrons. The van der Waals surface area contributed by atoms with Gasteiger partial charge in [0.25, 0.3) is 0 Å². The summed E-state index contributed by atoms with van der Waals surface area (Å²) in [6.45, 7) is 8.79. The molecule has 0 unspecified atom stereocenters. The van der Waals surface area contributed by atoms with E-state index in [2.05, 4.69) is 44.9 Å². The van der Waals surface area contributed by atoms with Crippen molar-refractivity contribution in [1.82, 2.24) is 0 Å². The first kappa shape index (κ1) is 16.0. The maximum atomic E-state index is 6.08. The molecule has 2 rings (SSSR count). The molecule has 0 aliphatic heterocycles. The van der Waals surface area contributed by atoms with E-state index >= 15 is 0 Å². The molecular weight excluding hydrogens is 268 g/mol. The summed E-state index contributed by atoms with van der Waals surface area (Å²) in [5.74, 6) is 6.37. The Morgan fingerprint density at radius 2 is 1.59 bits per heavy atom. The molecule has 0 aromatic heterocycles. The smallest absolute Gasteiger partial charge is 0.0588 e. The highest BCUT2D eigenvalue weighted by Crippen LogP contribution is 2.26. The molecule has 0 saturated heterocycles. The van der Waals surface area contributed by atoms with E-state index in [1.165, 1.54) is 0 Å². The maximum absolute atomic E-state index is 6.08. The summed E-state index contributed by atoms with van der Waals surface area (Å²) in [7, 11) is 0. The van der Waals surface area contributed by atoms with Crippen molar-refractivity contribution in [2.45, 2.75) is 33.7 Å². The lowest BCUT2D eigenvalue weighted by atomic mass is 9.88. The topological polar surface area (TPSA) is 38.0 Å². The van der Waals surface area contributed by atoms with Crippen molar-refractivity contribution < 1.29 is 0 Å². The van der Waals surface area contributed by atoms with Crippen LogP contribution in [-0.2, 0) is 0 Å². The molecule has 1 atom stereocenters. The molecule has 0 heterocycles. The molecule has 0 amide bonds. The normalized spacial score (nSPS) is 12.2. The van der Waals surface area contributed by atoms with Crippen LogP contribution < -0.4 is 11.1 Å². The Labute approximate surface area is 133 Å². The summed E-state index contributed by atoms with van der Waals surface area (Å²) in [6, 6.07) is 16.2. The van der Waals surface area contributed by atoms with Gasteiger partial charge in [0.1, 0.15) is 0 Å². The first-order valence-electron chi connectivity index (χ1n) is 7.59. The van der Waals surface area contributed by atoms with Crippen molar-refractivity contribution in [2.75, 3.05) is 11.1 Å². The lowest BCUT2D eigenvalue weighted by Crippen LogP contribution is -2.31. The average Bonchev–Trinajstić information content (AvgIpc) is 2.48. The molecule has 0 aliphatic rings. The second-order valence-electron chi connectivity index (χ2n) is 6.65. The molecular formula is C20H24N2. The molecule has 0 aliphatic carbocycles. The van der Waals surface area contributed by atoms with E-state index in [9.17, 15) is 0 Å². The highest BCUT2D eigenvalue weighted by Gasteiger charge is 2.20. The fraction of sp³-hybridized carbons (Fsp3) is 0.300. The fourth-order valence-electron chi connectivity index (χ4n) is 1.87. The predicted octanol–water partition coefficient (Wildman–Crippen LogP) is 4.52. The second-order valence-corrected chi connectivity index (χ2v) is 6.65. The van der Waals surface area contributed by atoms with Crippen molar-refractivity contribution in [3.63, 3.8) is 0 Å². The van der Waals surface area contributed by atoms with E-state index < -0.39 is 0 Å². The fourth-order valence-corrected chi connectivity index (χ4v) is 1.87. The monoisotopic (exact) mass is 292 g/mol. The Balaban J connectivity index is 2.22. The second kappa shape index (κ2) is 6.58. The van der Waals surface area contributed by atoms with E-state index in [1.807, 2.05) is 48.5 Å². The van der Waals surface area contributed by atoms with E-state index in [0.29, 0.717) is 6.04 Å². The van der Waals surface area contributed by atoms with Gasteiger partial charge in [-0.1, -0.05) is 50.8 Å². The van der Waals surface area contributed by atoms with Crippen LogP contribution in [0.2, 0.25) is 0 Å². The average molecular weight is 292 g/mol. The van der Waals surface area contributed by atoms with Crippen molar-refractivity contribution in [3.05, 3.63) is 59.7 Å². The number of anilines is 2. The van der Waals surface area contributed by atoms with E-state index in [1.54, 1.807) is 0 Å². The molecule has 0 fully saturated rings. The van der Waals surface area contributed by atoms with Crippen LogP contribution in [0.5, 0.6) is 0 Å². The molecule has 2 aromatic rings. The molecule has 3 N–H and O–H groups in total. The third kappa shape index (κ3) is 4.30. The minimum Gasteiger partial charge on any atom is -0.397 e. The van der Waals surface area contributed by atoms with Gasteiger partial charge in [0.15, 0.2) is 0 Å². The Morgan fingerprint density at radius 1 is 0.955 bits per heavy atom. The maximum Gasteiger partial charge on any atom is 0.0588 e. The standard InChI is InChI=1S/C20H24N2/c1-15(20(2,3)4)22-19-14-17(12-13-18(19)21)11-10-16-8-6-5-7-9-16/h5-9,12-15,22H,21H2,1-4H3/t15-/m1/s1. The van der Waals surface area contributed by atoms with Gasteiger partial charge in [0.2, 0.25) is 0 Å². The number of benzene rings is 2. The SMILES string of the molecule is C[C@@H](Nc1cc(C#Cc2ccccc2)ccc1N)C(C)(C)C. The number of nitrogens with one attached hydrogen (secondary N) is 1. The first-order valence-corrected chi connectivity index (χ1v) is 7.59. The molecule has 2 aromatic carbocycles. The molecule has 0 bridgehead atoms. The Bertz CT molecular complexity index is 685. The molecule has 2 nitrogen and oxygen atoms in total. The van der Waals surface area contributed by atoms with Crippen LogP contribution in [0.4, 0.5) is 11.4 Å². The highest BCUT2D eigenvalue weighted by molar-refractivity contribution is 5.69. The van der Waals surface area contributed by atoms with Gasteiger partial charge in [-0.05, 0) is 42.7 Å². The third-order valence-electron chi connectivity index (χ3n) is 3.85. The lowest BCUT2D eigenvalue weighted by molar-refractivity contribution is 0.359. The van der Waals surface area contributed by atoms with Crippen LogP contribution >= 0.6 is 0 Å². The third-order valence-corrected chi connectivity index (χ3v) is 3.85. The quantitative estimate of drug-likeness (QED) is 0.631. The van der Waals surface area contributed by atoms with Gasteiger partial charge in [-0.25, -0.2) is 0 Å². The number of nitrogen functional groups attached to an aromatic ring is 1. The Hall–Kier alpha value is -2.40. The number of hydrogen-bond donors (Lipinski definition) is 2. The zero-order valence-electron chi connectivity index (χ0n) is 13.8. The van der Waals surface area contributed by atoms with Gasteiger partial charge < -0.3 is 11.1 Å². The van der Waals surface area contributed by atoms with Crippen molar-refractivity contribution in [3.8, 4) is 11.8 Å². The van der Waals surface area contributed by atoms with Crippen LogP contribution in [-0.4, -0.2) is 6.04 Å². The minimum atomic E-state index is 0.165. The first-order chi connectivity index (χ1) is 10.4. The zero-order chi connectivity index (χ0) is 16.2. The summed E-state index contributed by atoms with van der Waals surface area (Å²) < 4.78 is 0. The van der Waals surface area contributed by atoms with Gasteiger partial charge >= 0.3 is 0 Å². The molecule has 0 radical (unpaired) electrons. The van der Waals surface area contributed by atoms with Gasteiger partial charge in [0.05, 0.1) is 11.4 Å². The summed E-state index contributed by atoms with van der Waals surface area (Å²) >= 11 is 0. The molecule has 0 saturated carbocycles. The van der Waals surface area contributed by atoms with Crippen LogP contribution in [0.1, 0.15) is 38.8 Å². The minimum absolute atomic E-state index is 0.165. The summed E-state index contributed by atoms with van der Waals surface area (Å²) in [5.41, 5.74) is 9.91. The van der Waals surface area contributed by atoms with Crippen molar-refractivity contribution in [1.29, 1.82) is 0 Å². The lowest BCUT2D eigenvalue weighted by Gasteiger charge is -2.29. The van der Waals surface area contributed by atoms with Crippen molar-refractivity contribution in [2.24, 2.45) is 5.41 Å². The molecule has 0 spiro atoms. The van der Waals surface area contributed by atoms with Crippen molar-refractivity contribution >= 4 is 11.4 Å². The molecule has 2 heteroatoms. The predicted molar refractivity (Wildman–Crippen MR) is 95.8 cm³/mol. The van der Waals surface area contributed by atoms with Crippen LogP contribution in [0.3, 0.4) is 0 Å².